The highest BCUT2D eigenvalue weighted by Crippen LogP contribution is 2.17. The van der Waals surface area contributed by atoms with Gasteiger partial charge in [-0.05, 0) is 37.1 Å². The molecular weight excluding hydrogens is 261 g/mol. The molecule has 0 radical (unpaired) electrons. The molecule has 2 N–H and O–H groups in total. The van der Waals surface area contributed by atoms with Crippen molar-refractivity contribution in [1.82, 2.24) is 0 Å². The van der Waals surface area contributed by atoms with Gasteiger partial charge >= 0.3 is 0 Å². The molecule has 0 aromatic heterocycles. The van der Waals surface area contributed by atoms with Crippen molar-refractivity contribution in [3.8, 4) is 0 Å². The van der Waals surface area contributed by atoms with E-state index in [-0.39, 0.29) is 18.0 Å². The molecule has 0 aliphatic rings. The van der Waals surface area contributed by atoms with Crippen LogP contribution in [-0.2, 0) is 11.2 Å². The van der Waals surface area contributed by atoms with Gasteiger partial charge in [0.05, 0.1) is 6.10 Å². The maximum absolute atomic E-state index is 13.4. The molecule has 0 saturated carbocycles. The van der Waals surface area contributed by atoms with E-state index < -0.39 is 0 Å². The van der Waals surface area contributed by atoms with Crippen LogP contribution in [0.4, 0.5) is 4.39 Å². The van der Waals surface area contributed by atoms with Crippen LogP contribution >= 0.6 is 15.9 Å². The normalized spacial score (nSPS) is 15.0. The predicted octanol–water partition coefficient (Wildman–Crippen LogP) is 2.49. The van der Waals surface area contributed by atoms with Crippen LogP contribution in [0.15, 0.2) is 22.7 Å². The van der Waals surface area contributed by atoms with Crippen LogP contribution < -0.4 is 5.73 Å². The average molecular weight is 276 g/mol. The standard InChI is InChI=1S/C11H15BrFNO/c1-7(15-2)11(14)6-8-5-9(12)3-4-10(8)13/h3-5,7,11H,6,14H2,1-2H3. The first-order valence-electron chi connectivity index (χ1n) is 4.77. The maximum atomic E-state index is 13.4. The van der Waals surface area contributed by atoms with E-state index in [0.29, 0.717) is 12.0 Å². The smallest absolute Gasteiger partial charge is 0.126 e. The van der Waals surface area contributed by atoms with Crippen LogP contribution in [0.25, 0.3) is 0 Å². The molecule has 0 amide bonds. The number of rotatable bonds is 4. The van der Waals surface area contributed by atoms with Gasteiger partial charge in [-0.1, -0.05) is 15.9 Å². The lowest BCUT2D eigenvalue weighted by molar-refractivity contribution is 0.0953. The average Bonchev–Trinajstić information content (AvgIpc) is 2.22. The van der Waals surface area contributed by atoms with Gasteiger partial charge in [0.2, 0.25) is 0 Å². The number of ether oxygens (including phenoxy) is 1. The van der Waals surface area contributed by atoms with Crippen LogP contribution in [0.1, 0.15) is 12.5 Å². The van der Waals surface area contributed by atoms with Crippen LogP contribution in [0.5, 0.6) is 0 Å². The number of methoxy groups -OCH3 is 1. The minimum absolute atomic E-state index is 0.0802. The van der Waals surface area contributed by atoms with Crippen molar-refractivity contribution in [2.75, 3.05) is 7.11 Å². The van der Waals surface area contributed by atoms with E-state index >= 15 is 0 Å². The summed E-state index contributed by atoms with van der Waals surface area (Å²) in [6.45, 7) is 1.88. The lowest BCUT2D eigenvalue weighted by Crippen LogP contribution is -2.36. The third-order valence-electron chi connectivity index (χ3n) is 2.44. The van der Waals surface area contributed by atoms with E-state index in [1.54, 1.807) is 19.2 Å². The van der Waals surface area contributed by atoms with Crippen molar-refractivity contribution in [1.29, 1.82) is 0 Å². The summed E-state index contributed by atoms with van der Waals surface area (Å²) in [6, 6.07) is 4.66. The van der Waals surface area contributed by atoms with E-state index in [0.717, 1.165) is 4.47 Å². The molecule has 4 heteroatoms. The molecule has 0 saturated heterocycles. The summed E-state index contributed by atoms with van der Waals surface area (Å²) in [5, 5.41) is 0. The van der Waals surface area contributed by atoms with Gasteiger partial charge < -0.3 is 10.5 Å². The Hall–Kier alpha value is -0.450. The van der Waals surface area contributed by atoms with Crippen LogP contribution in [0.2, 0.25) is 0 Å². The minimum atomic E-state index is -0.225. The second-order valence-electron chi connectivity index (χ2n) is 3.54. The van der Waals surface area contributed by atoms with Gasteiger partial charge in [-0.3, -0.25) is 0 Å². The molecule has 0 spiro atoms. The van der Waals surface area contributed by atoms with E-state index in [9.17, 15) is 4.39 Å². The van der Waals surface area contributed by atoms with Crippen molar-refractivity contribution < 1.29 is 9.13 Å². The zero-order valence-corrected chi connectivity index (χ0v) is 10.4. The van der Waals surface area contributed by atoms with Gasteiger partial charge in [-0.25, -0.2) is 4.39 Å². The molecule has 2 unspecified atom stereocenters. The highest BCUT2D eigenvalue weighted by Gasteiger charge is 2.14. The molecule has 1 rings (SSSR count). The van der Waals surface area contributed by atoms with E-state index in [1.807, 2.05) is 6.92 Å². The van der Waals surface area contributed by atoms with Gasteiger partial charge in [0.25, 0.3) is 0 Å². The van der Waals surface area contributed by atoms with Crippen LogP contribution in [0.3, 0.4) is 0 Å². The van der Waals surface area contributed by atoms with Crippen molar-refractivity contribution >= 4 is 15.9 Å². The monoisotopic (exact) mass is 275 g/mol. The maximum Gasteiger partial charge on any atom is 0.126 e. The molecule has 0 aliphatic carbocycles. The third kappa shape index (κ3) is 3.55. The first-order valence-corrected chi connectivity index (χ1v) is 5.56. The summed E-state index contributed by atoms with van der Waals surface area (Å²) >= 11 is 3.30. The molecule has 0 fully saturated rings. The van der Waals surface area contributed by atoms with Gasteiger partial charge in [0.1, 0.15) is 5.82 Å². The van der Waals surface area contributed by atoms with Crippen LogP contribution in [0, 0.1) is 5.82 Å². The second-order valence-corrected chi connectivity index (χ2v) is 4.46. The summed E-state index contributed by atoms with van der Waals surface area (Å²) in [4.78, 5) is 0. The molecule has 15 heavy (non-hydrogen) atoms. The Morgan fingerprint density at radius 2 is 2.20 bits per heavy atom. The summed E-state index contributed by atoms with van der Waals surface area (Å²) < 4.78 is 19.3. The zero-order valence-electron chi connectivity index (χ0n) is 8.84. The Balaban J connectivity index is 2.75. The van der Waals surface area contributed by atoms with E-state index in [1.165, 1.54) is 6.07 Å². The minimum Gasteiger partial charge on any atom is -0.380 e. The third-order valence-corrected chi connectivity index (χ3v) is 2.93. The lowest BCUT2D eigenvalue weighted by Gasteiger charge is -2.18. The number of nitrogens with two attached hydrogens (primary N) is 1. The highest BCUT2D eigenvalue weighted by atomic mass is 79.9. The quantitative estimate of drug-likeness (QED) is 0.917. The van der Waals surface area contributed by atoms with Crippen molar-refractivity contribution in [2.45, 2.75) is 25.5 Å². The number of hydrogen-bond donors (Lipinski definition) is 1. The zero-order chi connectivity index (χ0) is 11.4. The summed E-state index contributed by atoms with van der Waals surface area (Å²) in [6.07, 6.45) is 0.392. The SMILES string of the molecule is COC(C)C(N)Cc1cc(Br)ccc1F. The fourth-order valence-corrected chi connectivity index (χ4v) is 1.70. The molecule has 0 aliphatic heterocycles. The molecular formula is C11H15BrFNO. The summed E-state index contributed by atoms with van der Waals surface area (Å²) in [5.74, 6) is -0.225. The Morgan fingerprint density at radius 3 is 2.80 bits per heavy atom. The Kier molecular flexibility index (Phi) is 4.70. The molecule has 2 atom stereocenters. The van der Waals surface area contributed by atoms with Crippen molar-refractivity contribution in [3.05, 3.63) is 34.1 Å². The predicted molar refractivity (Wildman–Crippen MR) is 62.3 cm³/mol. The van der Waals surface area contributed by atoms with E-state index in [2.05, 4.69) is 15.9 Å². The second kappa shape index (κ2) is 5.58. The van der Waals surface area contributed by atoms with Gasteiger partial charge in [0.15, 0.2) is 0 Å². The lowest BCUT2D eigenvalue weighted by atomic mass is 10.0. The fourth-order valence-electron chi connectivity index (χ4n) is 1.29. The van der Waals surface area contributed by atoms with Crippen LogP contribution in [-0.4, -0.2) is 19.3 Å². The molecule has 2 nitrogen and oxygen atoms in total. The number of benzene rings is 1. The van der Waals surface area contributed by atoms with Gasteiger partial charge in [-0.15, -0.1) is 0 Å². The van der Waals surface area contributed by atoms with Crippen molar-refractivity contribution in [2.24, 2.45) is 5.73 Å². The number of hydrogen-bond acceptors (Lipinski definition) is 2. The topological polar surface area (TPSA) is 35.2 Å². The van der Waals surface area contributed by atoms with Gasteiger partial charge in [-0.2, -0.15) is 0 Å². The first-order chi connectivity index (χ1) is 7.04. The fraction of sp³-hybridized carbons (Fsp3) is 0.455. The molecule has 84 valence electrons. The molecule has 0 heterocycles. The Bertz CT molecular complexity index is 332. The summed E-state index contributed by atoms with van der Waals surface area (Å²) in [5.41, 5.74) is 6.48. The first kappa shape index (κ1) is 12.6. The Morgan fingerprint density at radius 1 is 1.53 bits per heavy atom. The Labute approximate surface area is 97.7 Å². The molecule has 1 aromatic carbocycles. The van der Waals surface area contributed by atoms with Gasteiger partial charge in [0, 0.05) is 17.6 Å². The highest BCUT2D eigenvalue weighted by molar-refractivity contribution is 9.10. The number of halogens is 2. The molecule has 1 aromatic rings. The summed E-state index contributed by atoms with van der Waals surface area (Å²) in [7, 11) is 1.60. The van der Waals surface area contributed by atoms with E-state index in [4.69, 9.17) is 10.5 Å². The largest absolute Gasteiger partial charge is 0.380 e. The molecule has 0 bridgehead atoms. The van der Waals surface area contributed by atoms with Crippen molar-refractivity contribution in [3.63, 3.8) is 0 Å².